The van der Waals surface area contributed by atoms with E-state index in [9.17, 15) is 14.0 Å². The average Bonchev–Trinajstić information content (AvgIpc) is 2.80. The fraction of sp³-hybridized carbons (Fsp3) is 0.120. The highest BCUT2D eigenvalue weighted by Gasteiger charge is 2.20. The Hall–Kier alpha value is -4.18. The highest BCUT2D eigenvalue weighted by Crippen LogP contribution is 2.27. The number of hydrogen-bond donors (Lipinski definition) is 6. The van der Waals surface area contributed by atoms with Gasteiger partial charge in [0.15, 0.2) is 0 Å². The normalized spacial score (nSPS) is 12.0. The maximum Gasteiger partial charge on any atom is 0.250 e. The first-order chi connectivity index (χ1) is 16.6. The molecule has 0 aliphatic rings. The summed E-state index contributed by atoms with van der Waals surface area (Å²) in [5.74, 6) is -2.31. The molecule has 0 fully saturated rings. The van der Waals surface area contributed by atoms with Crippen LogP contribution in [0, 0.1) is 11.2 Å². The van der Waals surface area contributed by atoms with Crippen LogP contribution in [0.5, 0.6) is 0 Å². The predicted molar refractivity (Wildman–Crippen MR) is 139 cm³/mol. The molecule has 0 aliphatic carbocycles. The van der Waals surface area contributed by atoms with E-state index in [-0.39, 0.29) is 34.1 Å². The number of nitrogens with one attached hydrogen (secondary N) is 3. The largest absolute Gasteiger partial charge is 0.371 e. The van der Waals surface area contributed by atoms with Crippen molar-refractivity contribution in [2.45, 2.75) is 19.4 Å². The van der Waals surface area contributed by atoms with Gasteiger partial charge in [0.2, 0.25) is 5.91 Å². The molecule has 1 aromatic heterocycles. The average molecular weight is 493 g/mol. The molecular weight excluding hydrogens is 467 g/mol. The van der Waals surface area contributed by atoms with Gasteiger partial charge in [-0.3, -0.25) is 14.6 Å². The van der Waals surface area contributed by atoms with Gasteiger partial charge in [-0.05, 0) is 54.0 Å². The van der Waals surface area contributed by atoms with Gasteiger partial charge in [0.1, 0.15) is 11.9 Å². The van der Waals surface area contributed by atoms with E-state index in [2.05, 4.69) is 28.2 Å². The Morgan fingerprint density at radius 1 is 1.09 bits per heavy atom. The molecule has 2 aromatic carbocycles. The smallest absolute Gasteiger partial charge is 0.250 e. The molecule has 0 saturated heterocycles. The van der Waals surface area contributed by atoms with Crippen molar-refractivity contribution in [3.05, 3.63) is 89.0 Å². The van der Waals surface area contributed by atoms with Crippen LogP contribution in [0.25, 0.3) is 11.1 Å². The summed E-state index contributed by atoms with van der Waals surface area (Å²) in [7, 11) is 0. The quantitative estimate of drug-likeness (QED) is 0.189. The number of aromatic nitrogens is 1. The molecule has 7 N–H and O–H groups in total. The van der Waals surface area contributed by atoms with Crippen molar-refractivity contribution in [1.29, 1.82) is 5.41 Å². The standard InChI is InChI=1S/C25H25FN6O2S/c1-14(27)10-23(35)32-20-13-21(19(26)12-18(20)24(28)33)31-22(25(29)34)11-15-2-4-16(5-3-15)17-6-8-30-9-7-17/h2-10,12-13,22,27,31-32,35H,11H2,1H3,(H2,28,33)(H2,29,34)/b23-10-,27-14?/t22-/m1/s1. The number of rotatable bonds is 10. The van der Waals surface area contributed by atoms with Gasteiger partial charge in [-0.25, -0.2) is 4.39 Å². The van der Waals surface area contributed by atoms with Gasteiger partial charge in [0.05, 0.1) is 22.0 Å². The number of pyridine rings is 1. The zero-order valence-corrected chi connectivity index (χ0v) is 19.8. The summed E-state index contributed by atoms with van der Waals surface area (Å²) in [5, 5.41) is 13.4. The third kappa shape index (κ3) is 6.90. The molecule has 3 rings (SSSR count). The molecule has 0 spiro atoms. The number of amides is 2. The third-order valence-corrected chi connectivity index (χ3v) is 5.31. The van der Waals surface area contributed by atoms with Crippen molar-refractivity contribution in [3.8, 4) is 11.1 Å². The van der Waals surface area contributed by atoms with Crippen molar-refractivity contribution < 1.29 is 14.0 Å². The van der Waals surface area contributed by atoms with E-state index in [1.807, 2.05) is 36.4 Å². The molecule has 0 saturated carbocycles. The summed E-state index contributed by atoms with van der Waals surface area (Å²) in [4.78, 5) is 28.0. The molecule has 2 amide bonds. The number of carbonyl (C=O) groups excluding carboxylic acids is 2. The van der Waals surface area contributed by atoms with Crippen LogP contribution < -0.4 is 22.1 Å². The Kier molecular flexibility index (Phi) is 8.21. The SMILES string of the molecule is CC(=N)/C=C(\S)Nc1cc(N[C@H](Cc2ccc(-c3ccncc3)cc2)C(N)=O)c(F)cc1C(N)=O. The number of allylic oxidation sites excluding steroid dienone is 1. The second kappa shape index (κ2) is 11.3. The fourth-order valence-corrected chi connectivity index (χ4v) is 3.71. The van der Waals surface area contributed by atoms with Gasteiger partial charge >= 0.3 is 0 Å². The van der Waals surface area contributed by atoms with Crippen molar-refractivity contribution >= 4 is 41.5 Å². The minimum atomic E-state index is -0.932. The first kappa shape index (κ1) is 25.4. The van der Waals surface area contributed by atoms with Crippen LogP contribution >= 0.6 is 12.6 Å². The molecule has 3 aromatic rings. The van der Waals surface area contributed by atoms with E-state index in [0.29, 0.717) is 0 Å². The van der Waals surface area contributed by atoms with Crippen molar-refractivity contribution in [3.63, 3.8) is 0 Å². The van der Waals surface area contributed by atoms with Crippen LogP contribution in [-0.2, 0) is 11.2 Å². The third-order valence-electron chi connectivity index (χ3n) is 5.07. The molecule has 180 valence electrons. The predicted octanol–water partition coefficient (Wildman–Crippen LogP) is 3.72. The minimum Gasteiger partial charge on any atom is -0.371 e. The van der Waals surface area contributed by atoms with Gasteiger partial charge in [-0.2, -0.15) is 0 Å². The number of carbonyl (C=O) groups is 2. The first-order valence-electron chi connectivity index (χ1n) is 10.6. The van der Waals surface area contributed by atoms with Crippen LogP contribution in [0.4, 0.5) is 15.8 Å². The Morgan fingerprint density at radius 2 is 1.71 bits per heavy atom. The van der Waals surface area contributed by atoms with Gasteiger partial charge in [0.25, 0.3) is 5.91 Å². The van der Waals surface area contributed by atoms with E-state index < -0.39 is 23.7 Å². The van der Waals surface area contributed by atoms with Crippen LogP contribution in [0.15, 0.2) is 72.0 Å². The van der Waals surface area contributed by atoms with Crippen LogP contribution in [0.1, 0.15) is 22.8 Å². The maximum absolute atomic E-state index is 14.8. The Morgan fingerprint density at radius 3 is 2.29 bits per heavy atom. The molecule has 1 heterocycles. The lowest BCUT2D eigenvalue weighted by Gasteiger charge is -2.20. The number of primary amides is 2. The lowest BCUT2D eigenvalue weighted by atomic mass is 10.0. The van der Waals surface area contributed by atoms with E-state index >= 15 is 0 Å². The molecule has 8 nitrogen and oxygen atoms in total. The number of hydrogen-bond acceptors (Lipinski definition) is 7. The molecule has 0 aliphatic heterocycles. The molecule has 1 atom stereocenters. The molecule has 35 heavy (non-hydrogen) atoms. The zero-order chi connectivity index (χ0) is 25.5. The highest BCUT2D eigenvalue weighted by atomic mass is 32.1. The van der Waals surface area contributed by atoms with Crippen LogP contribution in [0.2, 0.25) is 0 Å². The van der Waals surface area contributed by atoms with Crippen molar-refractivity contribution in [1.82, 2.24) is 4.98 Å². The van der Waals surface area contributed by atoms with E-state index in [0.717, 1.165) is 22.8 Å². The Bertz CT molecular complexity index is 1280. The summed E-state index contributed by atoms with van der Waals surface area (Å²) in [6, 6.07) is 12.7. The van der Waals surface area contributed by atoms with Crippen molar-refractivity contribution in [2.24, 2.45) is 11.5 Å². The summed E-state index contributed by atoms with van der Waals surface area (Å²) in [6.07, 6.45) is 5.02. The van der Waals surface area contributed by atoms with Crippen molar-refractivity contribution in [2.75, 3.05) is 10.6 Å². The molecule has 0 radical (unpaired) electrons. The number of nitrogens with two attached hydrogens (primary N) is 2. The number of thiol groups is 1. The van der Waals surface area contributed by atoms with E-state index in [1.165, 1.54) is 12.1 Å². The number of nitrogens with zero attached hydrogens (tertiary/aromatic N) is 1. The first-order valence-corrected chi connectivity index (χ1v) is 11.0. The van der Waals surface area contributed by atoms with Crippen LogP contribution in [0.3, 0.4) is 0 Å². The molecular formula is C25H25FN6O2S. The number of halogens is 1. The second-order valence-corrected chi connectivity index (χ2v) is 8.30. The Balaban J connectivity index is 1.85. The van der Waals surface area contributed by atoms with Gasteiger partial charge < -0.3 is 27.5 Å². The molecule has 0 unspecified atom stereocenters. The molecule has 10 heteroatoms. The number of benzene rings is 2. The van der Waals surface area contributed by atoms with Gasteiger partial charge in [-0.15, -0.1) is 12.6 Å². The Labute approximate surface area is 207 Å². The summed E-state index contributed by atoms with van der Waals surface area (Å²) >= 11 is 4.23. The summed E-state index contributed by atoms with van der Waals surface area (Å²) in [6.45, 7) is 1.55. The molecule has 0 bridgehead atoms. The van der Waals surface area contributed by atoms with E-state index in [4.69, 9.17) is 16.9 Å². The number of anilines is 2. The van der Waals surface area contributed by atoms with E-state index in [1.54, 1.807) is 19.3 Å². The lowest BCUT2D eigenvalue weighted by Crippen LogP contribution is -2.37. The maximum atomic E-state index is 14.8. The highest BCUT2D eigenvalue weighted by molar-refractivity contribution is 7.84. The monoisotopic (exact) mass is 492 g/mol. The lowest BCUT2D eigenvalue weighted by molar-refractivity contribution is -0.118. The minimum absolute atomic E-state index is 0.0533. The summed E-state index contributed by atoms with van der Waals surface area (Å²) in [5.41, 5.74) is 14.0. The fourth-order valence-electron chi connectivity index (χ4n) is 3.39. The topological polar surface area (TPSA) is 147 Å². The second-order valence-electron chi connectivity index (χ2n) is 7.82. The van der Waals surface area contributed by atoms with Gasteiger partial charge in [-0.1, -0.05) is 24.3 Å². The van der Waals surface area contributed by atoms with Gasteiger partial charge in [0, 0.05) is 24.5 Å². The van der Waals surface area contributed by atoms with Crippen LogP contribution in [-0.4, -0.2) is 28.6 Å². The summed E-state index contributed by atoms with van der Waals surface area (Å²) < 4.78 is 14.8. The zero-order valence-electron chi connectivity index (χ0n) is 18.9.